The topological polar surface area (TPSA) is 46.2 Å². The first-order valence-corrected chi connectivity index (χ1v) is 9.57. The Hall–Kier alpha value is -1.08. The molecule has 0 aliphatic carbocycles. The van der Waals surface area contributed by atoms with Crippen molar-refractivity contribution in [3.63, 3.8) is 0 Å². The van der Waals surface area contributed by atoms with Gasteiger partial charge in [-0.15, -0.1) is 0 Å². The van der Waals surface area contributed by atoms with E-state index in [9.17, 15) is 12.8 Å². The summed E-state index contributed by atoms with van der Waals surface area (Å²) < 4.78 is 40.1. The van der Waals surface area contributed by atoms with Gasteiger partial charge in [0.15, 0.2) is 0 Å². The SMILES string of the molecule is O=S(=O)(NCCSCc1ccccc1F)c1ccccc1Cl. The van der Waals surface area contributed by atoms with E-state index in [4.69, 9.17) is 11.6 Å². The molecule has 0 amide bonds. The van der Waals surface area contributed by atoms with Gasteiger partial charge in [-0.3, -0.25) is 0 Å². The van der Waals surface area contributed by atoms with Crippen LogP contribution in [0.1, 0.15) is 5.56 Å². The molecular formula is C15H15ClFNO2S2. The number of nitrogens with one attached hydrogen (secondary N) is 1. The highest BCUT2D eigenvalue weighted by Gasteiger charge is 2.16. The number of benzene rings is 2. The van der Waals surface area contributed by atoms with Gasteiger partial charge in [0.2, 0.25) is 10.0 Å². The first-order chi connectivity index (χ1) is 10.5. The summed E-state index contributed by atoms with van der Waals surface area (Å²) in [6, 6.07) is 12.8. The summed E-state index contributed by atoms with van der Waals surface area (Å²) in [5.74, 6) is 0.796. The van der Waals surface area contributed by atoms with Crippen molar-refractivity contribution in [2.24, 2.45) is 0 Å². The highest BCUT2D eigenvalue weighted by Crippen LogP contribution is 2.20. The molecule has 7 heteroatoms. The summed E-state index contributed by atoms with van der Waals surface area (Å²) >= 11 is 7.34. The monoisotopic (exact) mass is 359 g/mol. The molecule has 2 aromatic carbocycles. The lowest BCUT2D eigenvalue weighted by Crippen LogP contribution is -2.26. The predicted molar refractivity (Wildman–Crippen MR) is 89.2 cm³/mol. The molecule has 22 heavy (non-hydrogen) atoms. The highest BCUT2D eigenvalue weighted by molar-refractivity contribution is 7.98. The average Bonchev–Trinajstić information content (AvgIpc) is 2.49. The van der Waals surface area contributed by atoms with Crippen molar-refractivity contribution in [2.45, 2.75) is 10.6 Å². The molecule has 0 unspecified atom stereocenters. The van der Waals surface area contributed by atoms with Crippen LogP contribution in [0.2, 0.25) is 5.02 Å². The second kappa shape index (κ2) is 7.97. The van der Waals surface area contributed by atoms with Crippen LogP contribution in [0.15, 0.2) is 53.4 Å². The van der Waals surface area contributed by atoms with Crippen molar-refractivity contribution in [2.75, 3.05) is 12.3 Å². The Kier molecular flexibility index (Phi) is 6.26. The van der Waals surface area contributed by atoms with Crippen molar-refractivity contribution in [3.8, 4) is 0 Å². The Balaban J connectivity index is 1.82. The minimum Gasteiger partial charge on any atom is -0.210 e. The Labute approximate surface area is 138 Å². The lowest BCUT2D eigenvalue weighted by Gasteiger charge is -2.08. The molecular weight excluding hydrogens is 345 g/mol. The van der Waals surface area contributed by atoms with E-state index in [1.165, 1.54) is 30.0 Å². The van der Waals surface area contributed by atoms with Gasteiger partial charge >= 0.3 is 0 Å². The summed E-state index contributed by atoms with van der Waals surface area (Å²) in [5, 5.41) is 0.189. The summed E-state index contributed by atoms with van der Waals surface area (Å²) in [6.45, 7) is 0.257. The van der Waals surface area contributed by atoms with E-state index in [0.29, 0.717) is 17.1 Å². The van der Waals surface area contributed by atoms with Crippen LogP contribution in [0, 0.1) is 5.82 Å². The number of hydrogen-bond donors (Lipinski definition) is 1. The molecule has 1 N–H and O–H groups in total. The fourth-order valence-electron chi connectivity index (χ4n) is 1.79. The van der Waals surface area contributed by atoms with Gasteiger partial charge in [0.05, 0.1) is 5.02 Å². The smallest absolute Gasteiger partial charge is 0.210 e. The minimum absolute atomic E-state index is 0.0655. The van der Waals surface area contributed by atoms with E-state index in [1.54, 1.807) is 30.3 Å². The van der Waals surface area contributed by atoms with Crippen molar-refractivity contribution in [1.29, 1.82) is 0 Å². The molecule has 0 bridgehead atoms. The molecule has 0 saturated heterocycles. The maximum atomic E-state index is 13.4. The lowest BCUT2D eigenvalue weighted by atomic mass is 10.2. The summed E-state index contributed by atoms with van der Waals surface area (Å²) in [4.78, 5) is 0.0655. The van der Waals surface area contributed by atoms with Gasteiger partial charge in [0, 0.05) is 18.1 Å². The third kappa shape index (κ3) is 4.71. The number of halogens is 2. The van der Waals surface area contributed by atoms with Crippen LogP contribution in [0.5, 0.6) is 0 Å². The van der Waals surface area contributed by atoms with Gasteiger partial charge in [-0.1, -0.05) is 41.9 Å². The van der Waals surface area contributed by atoms with Gasteiger partial charge in [-0.05, 0) is 23.8 Å². The fraction of sp³-hybridized carbons (Fsp3) is 0.200. The number of sulfonamides is 1. The molecule has 0 heterocycles. The molecule has 0 atom stereocenters. The highest BCUT2D eigenvalue weighted by atomic mass is 35.5. The zero-order valence-corrected chi connectivity index (χ0v) is 14.0. The van der Waals surface area contributed by atoms with Gasteiger partial charge in [-0.25, -0.2) is 17.5 Å². The van der Waals surface area contributed by atoms with Crippen molar-refractivity contribution >= 4 is 33.4 Å². The van der Waals surface area contributed by atoms with Gasteiger partial charge in [0.1, 0.15) is 10.7 Å². The molecule has 0 spiro atoms. The van der Waals surface area contributed by atoms with Crippen LogP contribution in [0.25, 0.3) is 0 Å². The molecule has 0 aromatic heterocycles. The van der Waals surface area contributed by atoms with E-state index in [0.717, 1.165) is 0 Å². The number of hydrogen-bond acceptors (Lipinski definition) is 3. The Morgan fingerprint density at radius 3 is 2.50 bits per heavy atom. The fourth-order valence-corrected chi connectivity index (χ4v) is 4.31. The maximum Gasteiger partial charge on any atom is 0.242 e. The average molecular weight is 360 g/mol. The summed E-state index contributed by atoms with van der Waals surface area (Å²) in [7, 11) is -3.61. The van der Waals surface area contributed by atoms with Crippen molar-refractivity contribution in [3.05, 3.63) is 64.9 Å². The van der Waals surface area contributed by atoms with E-state index in [2.05, 4.69) is 4.72 Å². The van der Waals surface area contributed by atoms with E-state index in [-0.39, 0.29) is 22.3 Å². The molecule has 118 valence electrons. The predicted octanol–water partition coefficient (Wildman–Crippen LogP) is 3.69. The van der Waals surface area contributed by atoms with Crippen LogP contribution in [0.4, 0.5) is 4.39 Å². The minimum atomic E-state index is -3.61. The van der Waals surface area contributed by atoms with Gasteiger partial charge < -0.3 is 0 Å². The normalized spacial score (nSPS) is 11.5. The van der Waals surface area contributed by atoms with Gasteiger partial charge in [-0.2, -0.15) is 11.8 Å². The molecule has 0 aliphatic heterocycles. The molecule has 0 aliphatic rings. The number of rotatable bonds is 7. The quantitative estimate of drug-likeness (QED) is 0.767. The van der Waals surface area contributed by atoms with Crippen molar-refractivity contribution in [1.82, 2.24) is 4.72 Å². The second-order valence-corrected chi connectivity index (χ2v) is 7.72. The third-order valence-electron chi connectivity index (χ3n) is 2.88. The molecule has 3 nitrogen and oxygen atoms in total. The standard InChI is InChI=1S/C15H15ClFNO2S2/c16-13-6-2-4-8-15(13)22(19,20)18-9-10-21-11-12-5-1-3-7-14(12)17/h1-8,18H,9-11H2. The Morgan fingerprint density at radius 1 is 1.09 bits per heavy atom. The zero-order chi connectivity index (χ0) is 16.0. The molecule has 0 fully saturated rings. The summed E-state index contributed by atoms with van der Waals surface area (Å²) in [5.41, 5.74) is 0.612. The first-order valence-electron chi connectivity index (χ1n) is 6.56. The van der Waals surface area contributed by atoms with E-state index in [1.807, 2.05) is 0 Å². The Bertz CT molecular complexity index is 738. The second-order valence-electron chi connectivity index (χ2n) is 4.47. The van der Waals surface area contributed by atoms with Crippen LogP contribution < -0.4 is 4.72 Å². The van der Waals surface area contributed by atoms with Crippen LogP contribution >= 0.6 is 23.4 Å². The third-order valence-corrected chi connectivity index (χ3v) is 5.85. The number of thioether (sulfide) groups is 1. The van der Waals surface area contributed by atoms with E-state index >= 15 is 0 Å². The maximum absolute atomic E-state index is 13.4. The molecule has 0 saturated carbocycles. The van der Waals surface area contributed by atoms with E-state index < -0.39 is 10.0 Å². The zero-order valence-electron chi connectivity index (χ0n) is 11.6. The largest absolute Gasteiger partial charge is 0.242 e. The first kappa shape index (κ1) is 17.3. The molecule has 2 aromatic rings. The molecule has 2 rings (SSSR count). The van der Waals surface area contributed by atoms with Crippen LogP contribution in [-0.2, 0) is 15.8 Å². The lowest BCUT2D eigenvalue weighted by molar-refractivity contribution is 0.584. The molecule has 0 radical (unpaired) electrons. The van der Waals surface area contributed by atoms with Gasteiger partial charge in [0.25, 0.3) is 0 Å². The van der Waals surface area contributed by atoms with Crippen LogP contribution in [-0.4, -0.2) is 20.7 Å². The summed E-state index contributed by atoms with van der Waals surface area (Å²) in [6.07, 6.45) is 0. The van der Waals surface area contributed by atoms with Crippen LogP contribution in [0.3, 0.4) is 0 Å². The van der Waals surface area contributed by atoms with Crippen molar-refractivity contribution < 1.29 is 12.8 Å². The Morgan fingerprint density at radius 2 is 1.77 bits per heavy atom.